The predicted octanol–water partition coefficient (Wildman–Crippen LogP) is 2.64. The van der Waals surface area contributed by atoms with Gasteiger partial charge in [-0.25, -0.2) is 0 Å². The van der Waals surface area contributed by atoms with E-state index in [0.717, 1.165) is 6.04 Å². The van der Waals surface area contributed by atoms with Crippen molar-refractivity contribution in [3.05, 3.63) is 0 Å². The summed E-state index contributed by atoms with van der Waals surface area (Å²) in [4.78, 5) is 2.76. The minimum absolute atomic E-state index is 0.384. The quantitative estimate of drug-likeness (QED) is 0.793. The van der Waals surface area contributed by atoms with Crippen molar-refractivity contribution in [2.24, 2.45) is 5.41 Å². The molecule has 1 unspecified atom stereocenters. The third kappa shape index (κ3) is 2.28. The lowest BCUT2D eigenvalue weighted by molar-refractivity contribution is 0.175. The van der Waals surface area contributed by atoms with Gasteiger partial charge in [0.2, 0.25) is 0 Å². The van der Waals surface area contributed by atoms with Gasteiger partial charge in [-0.1, -0.05) is 27.7 Å². The molecule has 1 saturated heterocycles. The molecule has 2 aliphatic rings. The summed E-state index contributed by atoms with van der Waals surface area (Å²) >= 11 is 0. The lowest BCUT2D eigenvalue weighted by atomic mass is 9.92. The molecule has 0 aromatic rings. The Hall–Kier alpha value is -0.0800. The molecule has 0 bridgehead atoms. The van der Waals surface area contributed by atoms with Crippen molar-refractivity contribution in [3.8, 4) is 0 Å². The Morgan fingerprint density at radius 2 is 1.88 bits per heavy atom. The van der Waals surface area contributed by atoms with Crippen LogP contribution in [-0.4, -0.2) is 36.1 Å². The monoisotopic (exact) mass is 224 g/mol. The third-order valence-corrected chi connectivity index (χ3v) is 4.88. The Morgan fingerprint density at radius 3 is 2.38 bits per heavy atom. The van der Waals surface area contributed by atoms with Gasteiger partial charge < -0.3 is 5.32 Å². The average Bonchev–Trinajstić information content (AvgIpc) is 2.94. The summed E-state index contributed by atoms with van der Waals surface area (Å²) in [6.07, 6.45) is 5.23. The fraction of sp³-hybridized carbons (Fsp3) is 1.00. The smallest absolute Gasteiger partial charge is 0.0303 e. The van der Waals surface area contributed by atoms with Crippen LogP contribution in [0, 0.1) is 5.41 Å². The van der Waals surface area contributed by atoms with Crippen molar-refractivity contribution in [2.45, 2.75) is 65.0 Å². The Morgan fingerprint density at radius 1 is 1.25 bits per heavy atom. The maximum atomic E-state index is 3.79. The maximum Gasteiger partial charge on any atom is 0.0303 e. The second-order valence-corrected chi connectivity index (χ2v) is 6.45. The highest BCUT2D eigenvalue weighted by molar-refractivity contribution is 5.05. The summed E-state index contributed by atoms with van der Waals surface area (Å²) in [5.41, 5.74) is 0.965. The first kappa shape index (κ1) is 12.4. The van der Waals surface area contributed by atoms with Gasteiger partial charge in [0.05, 0.1) is 0 Å². The molecule has 2 nitrogen and oxygen atoms in total. The van der Waals surface area contributed by atoms with E-state index in [4.69, 9.17) is 0 Å². The lowest BCUT2D eigenvalue weighted by Crippen LogP contribution is -2.51. The highest BCUT2D eigenvalue weighted by atomic mass is 15.2. The zero-order chi connectivity index (χ0) is 11.8. The van der Waals surface area contributed by atoms with Crippen molar-refractivity contribution in [1.82, 2.24) is 10.2 Å². The minimum Gasteiger partial charge on any atom is -0.310 e. The van der Waals surface area contributed by atoms with E-state index in [1.165, 1.54) is 45.3 Å². The highest BCUT2D eigenvalue weighted by Gasteiger charge is 2.50. The van der Waals surface area contributed by atoms with E-state index in [0.29, 0.717) is 11.0 Å². The molecule has 0 amide bonds. The first-order chi connectivity index (χ1) is 7.53. The van der Waals surface area contributed by atoms with Gasteiger partial charge in [0.25, 0.3) is 0 Å². The Labute approximate surface area is 101 Å². The molecule has 1 atom stereocenters. The van der Waals surface area contributed by atoms with Crippen LogP contribution in [0.15, 0.2) is 0 Å². The van der Waals surface area contributed by atoms with Crippen LogP contribution in [-0.2, 0) is 0 Å². The molecule has 2 heteroatoms. The molecule has 0 aromatic heterocycles. The van der Waals surface area contributed by atoms with Crippen LogP contribution in [0.2, 0.25) is 0 Å². The highest BCUT2D eigenvalue weighted by Crippen LogP contribution is 2.49. The number of nitrogens with zero attached hydrogens (tertiary/aromatic N) is 1. The first-order valence-corrected chi connectivity index (χ1v) is 7.02. The van der Waals surface area contributed by atoms with E-state index in [1.54, 1.807) is 0 Å². The van der Waals surface area contributed by atoms with Crippen molar-refractivity contribution < 1.29 is 0 Å². The molecule has 1 aliphatic heterocycles. The molecule has 94 valence electrons. The van der Waals surface area contributed by atoms with Crippen LogP contribution in [0.4, 0.5) is 0 Å². The van der Waals surface area contributed by atoms with Gasteiger partial charge >= 0.3 is 0 Å². The first-order valence-electron chi connectivity index (χ1n) is 7.02. The second kappa shape index (κ2) is 4.30. The standard InChI is InChI=1S/C14H28N2/c1-5-14(6-2)11-16(9-7-8-15-14)12-10-13(12,3)4/h12,15H,5-11H2,1-4H3. The zero-order valence-corrected chi connectivity index (χ0v) is 11.5. The fourth-order valence-electron chi connectivity index (χ4n) is 3.21. The van der Waals surface area contributed by atoms with E-state index >= 15 is 0 Å². The molecule has 0 radical (unpaired) electrons. The number of nitrogens with one attached hydrogen (secondary N) is 1. The number of rotatable bonds is 3. The third-order valence-electron chi connectivity index (χ3n) is 4.88. The van der Waals surface area contributed by atoms with Crippen LogP contribution in [0.3, 0.4) is 0 Å². The van der Waals surface area contributed by atoms with Crippen LogP contribution < -0.4 is 5.32 Å². The van der Waals surface area contributed by atoms with Crippen LogP contribution in [0.1, 0.15) is 53.4 Å². The van der Waals surface area contributed by atoms with Gasteiger partial charge in [0.1, 0.15) is 0 Å². The van der Waals surface area contributed by atoms with Gasteiger partial charge in [0.15, 0.2) is 0 Å². The Bertz CT molecular complexity index is 243. The Kier molecular flexibility index (Phi) is 3.33. The summed E-state index contributed by atoms with van der Waals surface area (Å²) in [6, 6.07) is 0.852. The molecule has 1 N–H and O–H groups in total. The number of hydrogen-bond donors (Lipinski definition) is 1. The van der Waals surface area contributed by atoms with Crippen LogP contribution >= 0.6 is 0 Å². The molecular weight excluding hydrogens is 196 g/mol. The van der Waals surface area contributed by atoms with Crippen LogP contribution in [0.25, 0.3) is 0 Å². The summed E-state index contributed by atoms with van der Waals surface area (Å²) in [7, 11) is 0. The SMILES string of the molecule is CCC1(CC)CN(C2CC2(C)C)CCCN1. The van der Waals surface area contributed by atoms with Gasteiger partial charge in [-0.05, 0) is 44.2 Å². The predicted molar refractivity (Wildman–Crippen MR) is 69.7 cm³/mol. The summed E-state index contributed by atoms with van der Waals surface area (Å²) in [5, 5.41) is 3.79. The van der Waals surface area contributed by atoms with E-state index in [9.17, 15) is 0 Å². The minimum atomic E-state index is 0.384. The van der Waals surface area contributed by atoms with E-state index in [2.05, 4.69) is 37.9 Å². The van der Waals surface area contributed by atoms with E-state index in [1.807, 2.05) is 0 Å². The van der Waals surface area contributed by atoms with Gasteiger partial charge in [-0.15, -0.1) is 0 Å². The fourth-order valence-corrected chi connectivity index (χ4v) is 3.21. The van der Waals surface area contributed by atoms with Crippen molar-refractivity contribution in [1.29, 1.82) is 0 Å². The topological polar surface area (TPSA) is 15.3 Å². The van der Waals surface area contributed by atoms with Gasteiger partial charge in [0, 0.05) is 18.1 Å². The summed E-state index contributed by atoms with van der Waals surface area (Å²) in [6.45, 7) is 13.2. The molecule has 1 saturated carbocycles. The summed E-state index contributed by atoms with van der Waals surface area (Å²) < 4.78 is 0. The van der Waals surface area contributed by atoms with Crippen molar-refractivity contribution in [2.75, 3.05) is 19.6 Å². The van der Waals surface area contributed by atoms with Crippen LogP contribution in [0.5, 0.6) is 0 Å². The molecule has 1 aliphatic carbocycles. The van der Waals surface area contributed by atoms with Gasteiger partial charge in [-0.2, -0.15) is 0 Å². The zero-order valence-electron chi connectivity index (χ0n) is 11.5. The molecule has 0 aromatic carbocycles. The second-order valence-electron chi connectivity index (χ2n) is 6.45. The van der Waals surface area contributed by atoms with Crippen molar-refractivity contribution >= 4 is 0 Å². The van der Waals surface area contributed by atoms with E-state index in [-0.39, 0.29) is 0 Å². The van der Waals surface area contributed by atoms with Gasteiger partial charge in [-0.3, -0.25) is 4.90 Å². The summed E-state index contributed by atoms with van der Waals surface area (Å²) in [5.74, 6) is 0. The average molecular weight is 224 g/mol. The molecular formula is C14H28N2. The maximum absolute atomic E-state index is 3.79. The molecule has 0 spiro atoms. The van der Waals surface area contributed by atoms with Crippen molar-refractivity contribution in [3.63, 3.8) is 0 Å². The number of hydrogen-bond acceptors (Lipinski definition) is 2. The molecule has 2 fully saturated rings. The molecule has 1 heterocycles. The Balaban J connectivity index is 2.04. The molecule has 2 rings (SSSR count). The van der Waals surface area contributed by atoms with E-state index < -0.39 is 0 Å². The largest absolute Gasteiger partial charge is 0.310 e. The normalized spacial score (nSPS) is 33.4. The lowest BCUT2D eigenvalue weighted by Gasteiger charge is -2.36. The molecule has 16 heavy (non-hydrogen) atoms.